The lowest BCUT2D eigenvalue weighted by Crippen LogP contribution is -2.48. The highest BCUT2D eigenvalue weighted by Gasteiger charge is 2.38. The highest BCUT2D eigenvalue weighted by molar-refractivity contribution is 5.69. The van der Waals surface area contributed by atoms with E-state index in [2.05, 4.69) is 0 Å². The largest absolute Gasteiger partial charge is 0.481 e. The van der Waals surface area contributed by atoms with E-state index in [0.29, 0.717) is 6.61 Å². The number of hydrogen-bond donors (Lipinski definition) is 2. The van der Waals surface area contributed by atoms with Crippen LogP contribution in [0.1, 0.15) is 18.9 Å². The molecule has 1 aromatic rings. The molecule has 0 radical (unpaired) electrons. The molecule has 94 valence electrons. The summed E-state index contributed by atoms with van der Waals surface area (Å²) in [5, 5.41) is 9.07. The molecule has 0 heterocycles. The van der Waals surface area contributed by atoms with Crippen molar-refractivity contribution in [2.75, 3.05) is 13.7 Å². The third-order valence-corrected chi connectivity index (χ3v) is 3.09. The van der Waals surface area contributed by atoms with E-state index in [1.807, 2.05) is 37.3 Å². The fourth-order valence-electron chi connectivity index (χ4n) is 2.09. The fourth-order valence-corrected chi connectivity index (χ4v) is 2.09. The molecule has 0 amide bonds. The van der Waals surface area contributed by atoms with Crippen molar-refractivity contribution in [2.24, 2.45) is 5.73 Å². The molecular weight excluding hydrogens is 218 g/mol. The molecule has 2 atom stereocenters. The van der Waals surface area contributed by atoms with Crippen molar-refractivity contribution in [3.8, 4) is 0 Å². The molecule has 0 aliphatic carbocycles. The molecule has 4 heteroatoms. The van der Waals surface area contributed by atoms with Gasteiger partial charge < -0.3 is 15.6 Å². The van der Waals surface area contributed by atoms with E-state index in [1.165, 1.54) is 0 Å². The zero-order valence-corrected chi connectivity index (χ0v) is 10.2. The van der Waals surface area contributed by atoms with Gasteiger partial charge in [-0.2, -0.15) is 0 Å². The van der Waals surface area contributed by atoms with Gasteiger partial charge in [-0.05, 0) is 12.5 Å². The number of methoxy groups -OCH3 is 1. The lowest BCUT2D eigenvalue weighted by Gasteiger charge is -2.36. The maximum absolute atomic E-state index is 11.1. The van der Waals surface area contributed by atoms with Crippen LogP contribution < -0.4 is 5.73 Å². The Bertz CT molecular complexity index is 364. The van der Waals surface area contributed by atoms with E-state index >= 15 is 0 Å². The van der Waals surface area contributed by atoms with Crippen LogP contribution in [0, 0.1) is 0 Å². The number of benzene rings is 1. The van der Waals surface area contributed by atoms with Crippen molar-refractivity contribution in [3.05, 3.63) is 35.9 Å². The van der Waals surface area contributed by atoms with Gasteiger partial charge in [0.05, 0.1) is 13.0 Å². The van der Waals surface area contributed by atoms with E-state index in [9.17, 15) is 4.79 Å². The second-order valence-electron chi connectivity index (χ2n) is 4.31. The molecule has 0 saturated carbocycles. The van der Waals surface area contributed by atoms with Crippen molar-refractivity contribution in [3.63, 3.8) is 0 Å². The van der Waals surface area contributed by atoms with Crippen LogP contribution in [0.5, 0.6) is 0 Å². The minimum Gasteiger partial charge on any atom is -0.481 e. The zero-order chi connectivity index (χ0) is 12.9. The van der Waals surface area contributed by atoms with Crippen LogP contribution in [-0.4, -0.2) is 30.8 Å². The molecule has 0 bridgehead atoms. The van der Waals surface area contributed by atoms with Crippen LogP contribution in [0.4, 0.5) is 0 Å². The first-order valence-electron chi connectivity index (χ1n) is 5.55. The zero-order valence-electron chi connectivity index (χ0n) is 10.2. The van der Waals surface area contributed by atoms with Gasteiger partial charge in [0.2, 0.25) is 0 Å². The number of hydrogen-bond acceptors (Lipinski definition) is 3. The number of carboxylic acid groups (broad SMARTS) is 1. The maximum Gasteiger partial charge on any atom is 0.304 e. The highest BCUT2D eigenvalue weighted by atomic mass is 16.5. The van der Waals surface area contributed by atoms with Crippen LogP contribution in [0.2, 0.25) is 0 Å². The van der Waals surface area contributed by atoms with Crippen molar-refractivity contribution in [1.29, 1.82) is 0 Å². The predicted octanol–water partition coefficient (Wildman–Crippen LogP) is 1.39. The summed E-state index contributed by atoms with van der Waals surface area (Å²) in [5.74, 6) is -0.872. The van der Waals surface area contributed by atoms with Crippen molar-refractivity contribution in [1.82, 2.24) is 0 Å². The Hall–Kier alpha value is -1.39. The van der Waals surface area contributed by atoms with E-state index < -0.39 is 11.4 Å². The van der Waals surface area contributed by atoms with Gasteiger partial charge in [0.25, 0.3) is 0 Å². The molecule has 17 heavy (non-hydrogen) atoms. The van der Waals surface area contributed by atoms with Gasteiger partial charge in [0.1, 0.15) is 0 Å². The van der Waals surface area contributed by atoms with Gasteiger partial charge in [-0.25, -0.2) is 0 Å². The summed E-state index contributed by atoms with van der Waals surface area (Å²) >= 11 is 0. The van der Waals surface area contributed by atoms with Crippen LogP contribution >= 0.6 is 0 Å². The molecule has 0 aliphatic rings. The number of nitrogens with two attached hydrogens (primary N) is 1. The first-order chi connectivity index (χ1) is 8.03. The highest BCUT2D eigenvalue weighted by Crippen LogP contribution is 2.31. The second-order valence-corrected chi connectivity index (χ2v) is 4.31. The molecule has 2 unspecified atom stereocenters. The average Bonchev–Trinajstić information content (AvgIpc) is 2.28. The quantitative estimate of drug-likeness (QED) is 0.784. The molecule has 3 N–H and O–H groups in total. The summed E-state index contributed by atoms with van der Waals surface area (Å²) in [5.41, 5.74) is 6.22. The molecule has 0 fully saturated rings. The molecule has 1 aromatic carbocycles. The van der Waals surface area contributed by atoms with Crippen molar-refractivity contribution < 1.29 is 14.6 Å². The Labute approximate surface area is 101 Å². The molecule has 0 aromatic heterocycles. The molecule has 0 aliphatic heterocycles. The molecular formula is C13H19NO3. The van der Waals surface area contributed by atoms with Gasteiger partial charge >= 0.3 is 5.97 Å². The van der Waals surface area contributed by atoms with E-state index in [1.54, 1.807) is 7.11 Å². The maximum atomic E-state index is 11.1. The summed E-state index contributed by atoms with van der Waals surface area (Å²) in [6.07, 6.45) is -0.0392. The Morgan fingerprint density at radius 3 is 2.47 bits per heavy atom. The minimum absolute atomic E-state index is 0.0392. The summed E-state index contributed by atoms with van der Waals surface area (Å²) in [4.78, 5) is 11.1. The molecule has 0 spiro atoms. The van der Waals surface area contributed by atoms with Crippen LogP contribution in [0.3, 0.4) is 0 Å². The minimum atomic E-state index is -0.872. The third kappa shape index (κ3) is 3.05. The van der Waals surface area contributed by atoms with Crippen molar-refractivity contribution in [2.45, 2.75) is 24.8 Å². The average molecular weight is 237 g/mol. The smallest absolute Gasteiger partial charge is 0.304 e. The summed E-state index contributed by atoms with van der Waals surface area (Å²) < 4.78 is 5.18. The Balaban J connectivity index is 3.19. The molecule has 4 nitrogen and oxygen atoms in total. The Kier molecular flexibility index (Phi) is 4.66. The SMILES string of the molecule is COCC(CC(=O)O)(c1ccccc1)C(C)N. The van der Waals surface area contributed by atoms with Crippen LogP contribution in [0.25, 0.3) is 0 Å². The lowest BCUT2D eigenvalue weighted by molar-refractivity contribution is -0.139. The fraction of sp³-hybridized carbons (Fsp3) is 0.462. The third-order valence-electron chi connectivity index (χ3n) is 3.09. The lowest BCUT2D eigenvalue weighted by atomic mass is 9.73. The van der Waals surface area contributed by atoms with E-state index in [0.717, 1.165) is 5.56 Å². The number of carbonyl (C=O) groups is 1. The topological polar surface area (TPSA) is 72.5 Å². The van der Waals surface area contributed by atoms with Gasteiger partial charge in [-0.1, -0.05) is 30.3 Å². The second kappa shape index (κ2) is 5.80. The number of rotatable bonds is 6. The normalized spacial score (nSPS) is 16.2. The predicted molar refractivity (Wildman–Crippen MR) is 65.9 cm³/mol. The molecule has 0 saturated heterocycles. The number of carboxylic acids is 1. The standard InChI is InChI=1S/C13H19NO3/c1-10(14)13(9-17-2,8-12(15)16)11-6-4-3-5-7-11/h3-7,10H,8-9,14H2,1-2H3,(H,15,16). The number of aliphatic carboxylic acids is 1. The Morgan fingerprint density at radius 2 is 2.06 bits per heavy atom. The van der Waals surface area contributed by atoms with E-state index in [4.69, 9.17) is 15.6 Å². The van der Waals surface area contributed by atoms with Crippen LogP contribution in [-0.2, 0) is 14.9 Å². The van der Waals surface area contributed by atoms with Gasteiger partial charge in [0.15, 0.2) is 0 Å². The summed E-state index contributed by atoms with van der Waals surface area (Å²) in [6.45, 7) is 2.11. The molecule has 1 rings (SSSR count). The summed E-state index contributed by atoms with van der Waals surface area (Å²) in [7, 11) is 1.56. The van der Waals surface area contributed by atoms with Gasteiger partial charge in [-0.15, -0.1) is 0 Å². The summed E-state index contributed by atoms with van der Waals surface area (Å²) in [6, 6.07) is 9.13. The van der Waals surface area contributed by atoms with Crippen LogP contribution in [0.15, 0.2) is 30.3 Å². The van der Waals surface area contributed by atoms with E-state index in [-0.39, 0.29) is 12.5 Å². The van der Waals surface area contributed by atoms with Crippen molar-refractivity contribution >= 4 is 5.97 Å². The van der Waals surface area contributed by atoms with Gasteiger partial charge in [-0.3, -0.25) is 4.79 Å². The first-order valence-corrected chi connectivity index (χ1v) is 5.55. The van der Waals surface area contributed by atoms with Gasteiger partial charge in [0, 0.05) is 18.6 Å². The monoisotopic (exact) mass is 237 g/mol. The number of ether oxygens (including phenoxy) is 1. The Morgan fingerprint density at radius 1 is 1.47 bits per heavy atom. The first kappa shape index (κ1) is 13.7.